The van der Waals surface area contributed by atoms with Crippen molar-refractivity contribution in [2.24, 2.45) is 5.41 Å². The van der Waals surface area contributed by atoms with E-state index in [-0.39, 0.29) is 13.5 Å². The number of amides is 4. The second-order valence-electron chi connectivity index (χ2n) is 4.37. The number of hydrogen-bond acceptors (Lipinski definition) is 5. The van der Waals surface area contributed by atoms with E-state index in [0.29, 0.717) is 12.8 Å². The average molecular weight is 272 g/mol. The molecule has 0 radical (unpaired) electrons. The van der Waals surface area contributed by atoms with Crippen molar-refractivity contribution in [2.75, 3.05) is 27.7 Å². The van der Waals surface area contributed by atoms with Gasteiger partial charge in [0.25, 0.3) is 0 Å². The lowest BCUT2D eigenvalue weighted by molar-refractivity contribution is -0.165. The molecule has 0 aromatic rings. The second kappa shape index (κ2) is 6.12. The van der Waals surface area contributed by atoms with E-state index in [1.165, 1.54) is 14.2 Å². The molecule has 0 N–H and O–H groups in total. The third-order valence-corrected chi connectivity index (χ3v) is 3.49. The Morgan fingerprint density at radius 2 is 1.26 bits per heavy atom. The summed E-state index contributed by atoms with van der Waals surface area (Å²) in [4.78, 5) is 38.8. The van der Waals surface area contributed by atoms with E-state index in [9.17, 15) is 14.4 Å². The Kier molecular flexibility index (Phi) is 5.02. The number of barbiturate groups is 1. The minimum Gasteiger partial charge on any atom is -0.364 e. The number of imide groups is 2. The lowest BCUT2D eigenvalue weighted by atomic mass is 9.78. The Bertz CT molecular complexity index is 348. The monoisotopic (exact) mass is 272 g/mol. The number of rotatable bonds is 6. The topological polar surface area (TPSA) is 76.2 Å². The Balaban J connectivity index is 3.23. The van der Waals surface area contributed by atoms with E-state index in [0.717, 1.165) is 9.80 Å². The van der Waals surface area contributed by atoms with Gasteiger partial charge in [-0.3, -0.25) is 9.59 Å². The zero-order valence-electron chi connectivity index (χ0n) is 11.8. The van der Waals surface area contributed by atoms with Crippen molar-refractivity contribution in [1.82, 2.24) is 9.80 Å². The molecule has 1 rings (SSSR count). The van der Waals surface area contributed by atoms with Gasteiger partial charge in [0.1, 0.15) is 18.9 Å². The Morgan fingerprint density at radius 1 is 0.895 bits per heavy atom. The summed E-state index contributed by atoms with van der Waals surface area (Å²) in [5, 5.41) is 0. The summed E-state index contributed by atoms with van der Waals surface area (Å²) in [6.07, 6.45) is 0.656. The van der Waals surface area contributed by atoms with Gasteiger partial charge in [0, 0.05) is 14.2 Å². The first-order valence-electron chi connectivity index (χ1n) is 6.15. The van der Waals surface area contributed by atoms with Crippen LogP contribution in [0.2, 0.25) is 0 Å². The maximum absolute atomic E-state index is 12.4. The number of carbonyl (C=O) groups excluding carboxylic acids is 3. The van der Waals surface area contributed by atoms with Crippen LogP contribution in [0.5, 0.6) is 0 Å². The van der Waals surface area contributed by atoms with Gasteiger partial charge in [-0.2, -0.15) is 0 Å². The number of urea groups is 1. The van der Waals surface area contributed by atoms with Crippen LogP contribution in [0.1, 0.15) is 26.7 Å². The predicted molar refractivity (Wildman–Crippen MR) is 65.9 cm³/mol. The fraction of sp³-hybridized carbons (Fsp3) is 0.750. The second-order valence-corrected chi connectivity index (χ2v) is 4.37. The maximum atomic E-state index is 12.4. The minimum atomic E-state index is -1.20. The van der Waals surface area contributed by atoms with Crippen molar-refractivity contribution in [3.8, 4) is 0 Å². The Morgan fingerprint density at radius 3 is 1.53 bits per heavy atom. The van der Waals surface area contributed by atoms with E-state index in [1.807, 2.05) is 0 Å². The van der Waals surface area contributed by atoms with Crippen LogP contribution in [0.25, 0.3) is 0 Å². The smallest absolute Gasteiger partial charge is 0.337 e. The molecule has 7 nitrogen and oxygen atoms in total. The zero-order chi connectivity index (χ0) is 14.6. The molecule has 0 saturated carbocycles. The standard InChI is InChI=1S/C12H20N2O5/c1-5-12(6-2)9(15)13(7-18-3)11(17)14(8-19-4)10(12)16/h5-8H2,1-4H3. The summed E-state index contributed by atoms with van der Waals surface area (Å²) in [5.74, 6) is -0.997. The molecule has 1 aliphatic heterocycles. The summed E-state index contributed by atoms with van der Waals surface area (Å²) < 4.78 is 9.74. The third kappa shape index (κ3) is 2.35. The van der Waals surface area contributed by atoms with Crippen molar-refractivity contribution < 1.29 is 23.9 Å². The van der Waals surface area contributed by atoms with Gasteiger partial charge in [-0.1, -0.05) is 13.8 Å². The van der Waals surface area contributed by atoms with E-state index in [2.05, 4.69) is 0 Å². The molecule has 108 valence electrons. The lowest BCUT2D eigenvalue weighted by Crippen LogP contribution is -2.65. The SMILES string of the molecule is CCC1(CC)C(=O)N(COC)C(=O)N(COC)C1=O. The zero-order valence-corrected chi connectivity index (χ0v) is 11.8. The largest absolute Gasteiger partial charge is 0.364 e. The average Bonchev–Trinajstić information content (AvgIpc) is 2.41. The van der Waals surface area contributed by atoms with Gasteiger partial charge in [-0.15, -0.1) is 0 Å². The third-order valence-electron chi connectivity index (χ3n) is 3.49. The number of methoxy groups -OCH3 is 2. The summed E-state index contributed by atoms with van der Waals surface area (Å²) in [6.45, 7) is 3.16. The van der Waals surface area contributed by atoms with Gasteiger partial charge in [-0.25, -0.2) is 14.6 Å². The summed E-state index contributed by atoms with van der Waals surface area (Å²) in [5.41, 5.74) is -1.20. The summed E-state index contributed by atoms with van der Waals surface area (Å²) in [6, 6.07) is -0.698. The molecule has 19 heavy (non-hydrogen) atoms. The van der Waals surface area contributed by atoms with E-state index >= 15 is 0 Å². The number of hydrogen-bond donors (Lipinski definition) is 0. The molecule has 0 atom stereocenters. The Labute approximate surface area is 112 Å². The molecule has 1 saturated heterocycles. The Hall–Kier alpha value is -1.47. The van der Waals surface area contributed by atoms with Gasteiger partial charge in [0.2, 0.25) is 11.8 Å². The first-order valence-corrected chi connectivity index (χ1v) is 6.15. The highest BCUT2D eigenvalue weighted by atomic mass is 16.5. The van der Waals surface area contributed by atoms with E-state index < -0.39 is 23.3 Å². The van der Waals surface area contributed by atoms with Crippen molar-refractivity contribution in [2.45, 2.75) is 26.7 Å². The van der Waals surface area contributed by atoms with Crippen LogP contribution in [-0.2, 0) is 19.1 Å². The first kappa shape index (κ1) is 15.6. The fourth-order valence-corrected chi connectivity index (χ4v) is 2.27. The highest BCUT2D eigenvalue weighted by Crippen LogP contribution is 2.35. The molecule has 4 amide bonds. The highest BCUT2D eigenvalue weighted by molar-refractivity contribution is 6.18. The van der Waals surface area contributed by atoms with E-state index in [1.54, 1.807) is 13.8 Å². The van der Waals surface area contributed by atoms with Crippen LogP contribution in [0.3, 0.4) is 0 Å². The highest BCUT2D eigenvalue weighted by Gasteiger charge is 2.55. The van der Waals surface area contributed by atoms with Crippen LogP contribution >= 0.6 is 0 Å². The van der Waals surface area contributed by atoms with Crippen LogP contribution < -0.4 is 0 Å². The van der Waals surface area contributed by atoms with Crippen molar-refractivity contribution in [1.29, 1.82) is 0 Å². The number of ether oxygens (including phenoxy) is 2. The molecular weight excluding hydrogens is 252 g/mol. The predicted octanol–water partition coefficient (Wildman–Crippen LogP) is 0.791. The van der Waals surface area contributed by atoms with Crippen molar-refractivity contribution in [3.63, 3.8) is 0 Å². The van der Waals surface area contributed by atoms with Crippen molar-refractivity contribution >= 4 is 17.8 Å². The van der Waals surface area contributed by atoms with Crippen LogP contribution in [-0.4, -0.2) is 55.3 Å². The van der Waals surface area contributed by atoms with Gasteiger partial charge < -0.3 is 9.47 Å². The molecule has 7 heteroatoms. The molecular formula is C12H20N2O5. The molecule has 1 heterocycles. The van der Waals surface area contributed by atoms with Gasteiger partial charge in [-0.05, 0) is 12.8 Å². The number of carbonyl (C=O) groups is 3. The molecule has 0 spiro atoms. The lowest BCUT2D eigenvalue weighted by Gasteiger charge is -2.42. The number of nitrogens with zero attached hydrogens (tertiary/aromatic N) is 2. The molecule has 0 aliphatic carbocycles. The van der Waals surface area contributed by atoms with Crippen LogP contribution in [0.15, 0.2) is 0 Å². The molecule has 0 aromatic heterocycles. The van der Waals surface area contributed by atoms with Crippen LogP contribution in [0, 0.1) is 5.41 Å². The van der Waals surface area contributed by atoms with Gasteiger partial charge in [0.05, 0.1) is 0 Å². The maximum Gasteiger partial charge on any atom is 0.337 e. The van der Waals surface area contributed by atoms with Crippen LogP contribution in [0.4, 0.5) is 4.79 Å². The summed E-state index contributed by atoms with van der Waals surface area (Å²) in [7, 11) is 2.77. The van der Waals surface area contributed by atoms with E-state index in [4.69, 9.17) is 9.47 Å². The van der Waals surface area contributed by atoms with Gasteiger partial charge >= 0.3 is 6.03 Å². The fourth-order valence-electron chi connectivity index (χ4n) is 2.27. The molecule has 1 fully saturated rings. The molecule has 0 aromatic carbocycles. The van der Waals surface area contributed by atoms with Crippen molar-refractivity contribution in [3.05, 3.63) is 0 Å². The minimum absolute atomic E-state index is 0.174. The first-order chi connectivity index (χ1) is 8.99. The summed E-state index contributed by atoms with van der Waals surface area (Å²) >= 11 is 0. The quantitative estimate of drug-likeness (QED) is 0.668. The van der Waals surface area contributed by atoms with Gasteiger partial charge in [0.15, 0.2) is 0 Å². The normalized spacial score (nSPS) is 19.3. The molecule has 1 aliphatic rings. The molecule has 0 bridgehead atoms. The molecule has 0 unspecified atom stereocenters.